The summed E-state index contributed by atoms with van der Waals surface area (Å²) in [6, 6.07) is 15.8. The van der Waals surface area contributed by atoms with Crippen molar-refractivity contribution in [2.75, 3.05) is 21.3 Å². The van der Waals surface area contributed by atoms with Gasteiger partial charge < -0.3 is 14.2 Å². The molecule has 0 spiro atoms. The molecule has 0 aliphatic heterocycles. The molecular weight excluding hydrogens is 410 g/mol. The Kier molecular flexibility index (Phi) is 6.79. The summed E-state index contributed by atoms with van der Waals surface area (Å²) in [5.41, 5.74) is 0.788. The van der Waals surface area contributed by atoms with Crippen LogP contribution in [0.5, 0.6) is 17.2 Å². The van der Waals surface area contributed by atoms with E-state index in [1.54, 1.807) is 13.2 Å². The van der Waals surface area contributed by atoms with Gasteiger partial charge in [-0.25, -0.2) is 8.42 Å². The number of hydrogen-bond acceptors (Lipinski definition) is 6. The second-order valence-electron chi connectivity index (χ2n) is 6.18. The van der Waals surface area contributed by atoms with Gasteiger partial charge >= 0.3 is 0 Å². The van der Waals surface area contributed by atoms with E-state index in [0.29, 0.717) is 17.2 Å². The maximum Gasteiger partial charge on any atom is 0.243 e. The molecule has 6 nitrogen and oxygen atoms in total. The Bertz CT molecular complexity index is 1050. The zero-order chi connectivity index (χ0) is 20.9. The van der Waals surface area contributed by atoms with Crippen LogP contribution < -0.4 is 14.2 Å². The van der Waals surface area contributed by atoms with E-state index in [1.807, 2.05) is 41.8 Å². The van der Waals surface area contributed by atoms with E-state index in [-0.39, 0.29) is 18.0 Å². The smallest absolute Gasteiger partial charge is 0.243 e. The van der Waals surface area contributed by atoms with Gasteiger partial charge in [0.2, 0.25) is 10.0 Å². The van der Waals surface area contributed by atoms with Gasteiger partial charge in [-0.3, -0.25) is 0 Å². The SMILES string of the molecule is COc1ccccc1CN(Cc1cccs1)S(=O)(=O)c1ccc(OC)c(OC)c1. The van der Waals surface area contributed by atoms with Crippen molar-refractivity contribution in [1.29, 1.82) is 0 Å². The zero-order valence-electron chi connectivity index (χ0n) is 16.5. The van der Waals surface area contributed by atoms with Crippen molar-refractivity contribution in [2.45, 2.75) is 18.0 Å². The lowest BCUT2D eigenvalue weighted by molar-refractivity contribution is 0.353. The minimum Gasteiger partial charge on any atom is -0.496 e. The van der Waals surface area contributed by atoms with Crippen LogP contribution in [0.15, 0.2) is 64.9 Å². The Labute approximate surface area is 175 Å². The Morgan fingerprint density at radius 2 is 1.55 bits per heavy atom. The van der Waals surface area contributed by atoms with Crippen LogP contribution in [0, 0.1) is 0 Å². The fraction of sp³-hybridized carbons (Fsp3) is 0.238. The Hall–Kier alpha value is -2.55. The monoisotopic (exact) mass is 433 g/mol. The summed E-state index contributed by atoms with van der Waals surface area (Å²) >= 11 is 1.51. The quantitative estimate of drug-likeness (QED) is 0.507. The van der Waals surface area contributed by atoms with Crippen molar-refractivity contribution in [1.82, 2.24) is 4.31 Å². The second-order valence-corrected chi connectivity index (χ2v) is 9.15. The predicted molar refractivity (Wildman–Crippen MR) is 113 cm³/mol. The van der Waals surface area contributed by atoms with Gasteiger partial charge in [0.25, 0.3) is 0 Å². The lowest BCUT2D eigenvalue weighted by Gasteiger charge is -2.23. The van der Waals surface area contributed by atoms with Gasteiger partial charge in [-0.2, -0.15) is 4.31 Å². The van der Waals surface area contributed by atoms with Gasteiger partial charge in [0, 0.05) is 29.6 Å². The maximum absolute atomic E-state index is 13.5. The highest BCUT2D eigenvalue weighted by atomic mass is 32.2. The molecule has 154 valence electrons. The second kappa shape index (κ2) is 9.30. The van der Waals surface area contributed by atoms with Crippen LogP contribution in [-0.4, -0.2) is 34.1 Å². The van der Waals surface area contributed by atoms with Crippen LogP contribution in [0.1, 0.15) is 10.4 Å². The van der Waals surface area contributed by atoms with Crippen molar-refractivity contribution >= 4 is 21.4 Å². The molecule has 1 heterocycles. The number of nitrogens with zero attached hydrogens (tertiary/aromatic N) is 1. The summed E-state index contributed by atoms with van der Waals surface area (Å²) in [7, 11) is 0.755. The van der Waals surface area contributed by atoms with E-state index in [2.05, 4.69) is 0 Å². The van der Waals surface area contributed by atoms with Crippen molar-refractivity contribution < 1.29 is 22.6 Å². The Morgan fingerprint density at radius 3 is 2.21 bits per heavy atom. The first-order chi connectivity index (χ1) is 14.0. The fourth-order valence-corrected chi connectivity index (χ4v) is 5.17. The molecule has 1 aromatic heterocycles. The first-order valence-electron chi connectivity index (χ1n) is 8.86. The van der Waals surface area contributed by atoms with Gasteiger partial charge in [-0.1, -0.05) is 24.3 Å². The summed E-state index contributed by atoms with van der Waals surface area (Å²) in [6.07, 6.45) is 0. The molecule has 3 aromatic rings. The van der Waals surface area contributed by atoms with E-state index in [4.69, 9.17) is 14.2 Å². The first-order valence-corrected chi connectivity index (χ1v) is 11.2. The molecule has 3 rings (SSSR count). The van der Waals surface area contributed by atoms with Crippen molar-refractivity contribution in [3.8, 4) is 17.2 Å². The van der Waals surface area contributed by atoms with Crippen LogP contribution in [0.2, 0.25) is 0 Å². The van der Waals surface area contributed by atoms with E-state index in [9.17, 15) is 8.42 Å². The highest BCUT2D eigenvalue weighted by Crippen LogP contribution is 2.32. The van der Waals surface area contributed by atoms with Gasteiger partial charge in [-0.15, -0.1) is 11.3 Å². The predicted octanol–water partition coefficient (Wildman–Crippen LogP) is 4.17. The third-order valence-corrected chi connectivity index (χ3v) is 7.09. The van der Waals surface area contributed by atoms with Gasteiger partial charge in [0.05, 0.1) is 26.2 Å². The molecule has 0 radical (unpaired) electrons. The molecule has 0 unspecified atom stereocenters. The summed E-state index contributed by atoms with van der Waals surface area (Å²) in [5, 5.41) is 1.93. The molecule has 0 N–H and O–H groups in total. The lowest BCUT2D eigenvalue weighted by Crippen LogP contribution is -2.30. The third kappa shape index (κ3) is 4.72. The fourth-order valence-electron chi connectivity index (χ4n) is 2.95. The summed E-state index contributed by atoms with van der Waals surface area (Å²) in [6.45, 7) is 0.436. The molecule has 0 saturated heterocycles. The minimum atomic E-state index is -3.81. The molecule has 0 bridgehead atoms. The molecule has 0 amide bonds. The summed E-state index contributed by atoms with van der Waals surface area (Å²) in [5.74, 6) is 1.48. The zero-order valence-corrected chi connectivity index (χ0v) is 18.1. The average molecular weight is 434 g/mol. The number of thiophene rings is 1. The Morgan fingerprint density at radius 1 is 0.828 bits per heavy atom. The van der Waals surface area contributed by atoms with E-state index < -0.39 is 10.0 Å². The molecule has 0 saturated carbocycles. The third-order valence-electron chi connectivity index (χ3n) is 4.44. The van der Waals surface area contributed by atoms with Crippen LogP contribution in [0.25, 0.3) is 0 Å². The van der Waals surface area contributed by atoms with Gasteiger partial charge in [-0.05, 0) is 29.6 Å². The topological polar surface area (TPSA) is 65.1 Å². The van der Waals surface area contributed by atoms with Gasteiger partial charge in [0.1, 0.15) is 5.75 Å². The molecule has 0 aliphatic rings. The maximum atomic E-state index is 13.5. The molecule has 0 atom stereocenters. The van der Waals surface area contributed by atoms with Crippen LogP contribution in [-0.2, 0) is 23.1 Å². The number of rotatable bonds is 9. The number of benzene rings is 2. The molecule has 8 heteroatoms. The lowest BCUT2D eigenvalue weighted by atomic mass is 10.2. The number of methoxy groups -OCH3 is 3. The normalized spacial score (nSPS) is 11.4. The summed E-state index contributed by atoms with van der Waals surface area (Å²) < 4.78 is 44.4. The first kappa shape index (κ1) is 21.2. The van der Waals surface area contributed by atoms with Crippen LogP contribution >= 0.6 is 11.3 Å². The van der Waals surface area contributed by atoms with E-state index >= 15 is 0 Å². The van der Waals surface area contributed by atoms with E-state index in [0.717, 1.165) is 10.4 Å². The molecule has 0 fully saturated rings. The minimum absolute atomic E-state index is 0.140. The standard InChI is InChI=1S/C21H23NO5S2/c1-25-19-9-5-4-7-16(19)14-22(15-17-8-6-12-28-17)29(23,24)18-10-11-20(26-2)21(13-18)27-3/h4-13H,14-15H2,1-3H3. The molecule has 0 aliphatic carbocycles. The number of para-hydroxylation sites is 1. The molecular formula is C21H23NO5S2. The van der Waals surface area contributed by atoms with Crippen LogP contribution in [0.3, 0.4) is 0 Å². The number of sulfonamides is 1. The van der Waals surface area contributed by atoms with E-state index in [1.165, 1.54) is 42.0 Å². The van der Waals surface area contributed by atoms with Crippen LogP contribution in [0.4, 0.5) is 0 Å². The van der Waals surface area contributed by atoms with Crippen molar-refractivity contribution in [3.05, 3.63) is 70.4 Å². The Balaban J connectivity index is 2.02. The molecule has 29 heavy (non-hydrogen) atoms. The number of ether oxygens (including phenoxy) is 3. The highest BCUT2D eigenvalue weighted by Gasteiger charge is 2.27. The van der Waals surface area contributed by atoms with Crippen molar-refractivity contribution in [3.63, 3.8) is 0 Å². The molecule has 2 aromatic carbocycles. The van der Waals surface area contributed by atoms with Crippen molar-refractivity contribution in [2.24, 2.45) is 0 Å². The number of hydrogen-bond donors (Lipinski definition) is 0. The largest absolute Gasteiger partial charge is 0.496 e. The van der Waals surface area contributed by atoms with Gasteiger partial charge in [0.15, 0.2) is 11.5 Å². The summed E-state index contributed by atoms with van der Waals surface area (Å²) in [4.78, 5) is 1.09. The highest BCUT2D eigenvalue weighted by molar-refractivity contribution is 7.89. The average Bonchev–Trinajstić information content (AvgIpc) is 3.26.